The van der Waals surface area contributed by atoms with Crippen LogP contribution in [0.4, 0.5) is 18.9 Å². The third-order valence-electron chi connectivity index (χ3n) is 4.24. The number of hydrogen-bond donors (Lipinski definition) is 2. The van der Waals surface area contributed by atoms with Crippen LogP contribution in [0.3, 0.4) is 0 Å². The molecule has 0 aromatic heterocycles. The molecule has 30 heavy (non-hydrogen) atoms. The molecule has 0 saturated carbocycles. The van der Waals surface area contributed by atoms with Gasteiger partial charge in [0.15, 0.2) is 0 Å². The van der Waals surface area contributed by atoms with Crippen molar-refractivity contribution in [1.82, 2.24) is 0 Å². The summed E-state index contributed by atoms with van der Waals surface area (Å²) in [7, 11) is 0. The van der Waals surface area contributed by atoms with Crippen LogP contribution in [0.5, 0.6) is 0 Å². The Morgan fingerprint density at radius 2 is 1.77 bits per heavy atom. The first kappa shape index (κ1) is 22.1. The van der Waals surface area contributed by atoms with Crippen molar-refractivity contribution in [3.8, 4) is 11.1 Å². The Kier molecular flexibility index (Phi) is 6.95. The van der Waals surface area contributed by atoms with Crippen molar-refractivity contribution >= 4 is 35.0 Å². The molecule has 0 aliphatic heterocycles. The number of carboxylic acids is 1. The fourth-order valence-corrected chi connectivity index (χ4v) is 3.66. The quantitative estimate of drug-likeness (QED) is 0.387. The molecule has 0 saturated heterocycles. The Morgan fingerprint density at radius 1 is 1.03 bits per heavy atom. The van der Waals surface area contributed by atoms with Gasteiger partial charge in [0.2, 0.25) is 0 Å². The van der Waals surface area contributed by atoms with Gasteiger partial charge in [0.1, 0.15) is 0 Å². The maximum atomic E-state index is 13.4. The third kappa shape index (κ3) is 5.93. The van der Waals surface area contributed by atoms with Gasteiger partial charge in [-0.2, -0.15) is 13.2 Å². The van der Waals surface area contributed by atoms with Crippen LogP contribution < -0.4 is 5.32 Å². The molecule has 3 aromatic rings. The lowest BCUT2D eigenvalue weighted by atomic mass is 9.97. The fourth-order valence-electron chi connectivity index (χ4n) is 2.87. The first-order chi connectivity index (χ1) is 14.2. The second-order valence-corrected chi connectivity index (χ2v) is 7.93. The van der Waals surface area contributed by atoms with Gasteiger partial charge in [0.05, 0.1) is 11.3 Å². The number of thioether (sulfide) groups is 1. The molecule has 156 valence electrons. The van der Waals surface area contributed by atoms with Crippen LogP contribution in [0.1, 0.15) is 11.1 Å². The van der Waals surface area contributed by atoms with Gasteiger partial charge in [-0.1, -0.05) is 35.9 Å². The SMILES string of the molecule is O=C(O)CSc1ccc(NCc2cccc(-c3ccc(Cl)cc3C(F)(F)F)c2)cc1. The number of carbonyl (C=O) groups is 1. The summed E-state index contributed by atoms with van der Waals surface area (Å²) >= 11 is 6.99. The number of aliphatic carboxylic acids is 1. The number of anilines is 1. The minimum Gasteiger partial charge on any atom is -0.481 e. The van der Waals surface area contributed by atoms with Crippen molar-refractivity contribution in [2.24, 2.45) is 0 Å². The number of hydrogen-bond acceptors (Lipinski definition) is 3. The fraction of sp³-hybridized carbons (Fsp3) is 0.136. The summed E-state index contributed by atoms with van der Waals surface area (Å²) in [5.41, 5.74) is 1.41. The number of benzene rings is 3. The Labute approximate surface area is 180 Å². The van der Waals surface area contributed by atoms with E-state index in [1.165, 1.54) is 23.9 Å². The molecule has 2 N–H and O–H groups in total. The molecule has 0 fully saturated rings. The van der Waals surface area contributed by atoms with Gasteiger partial charge < -0.3 is 10.4 Å². The summed E-state index contributed by atoms with van der Waals surface area (Å²) in [5, 5.41) is 12.0. The zero-order valence-corrected chi connectivity index (χ0v) is 17.1. The number of carboxylic acid groups (broad SMARTS) is 1. The molecule has 0 radical (unpaired) electrons. The molecular weight excluding hydrogens is 435 g/mol. The molecular formula is C22H17ClF3NO2S. The molecule has 3 rings (SSSR count). The first-order valence-electron chi connectivity index (χ1n) is 8.87. The lowest BCUT2D eigenvalue weighted by Gasteiger charge is -2.14. The molecule has 8 heteroatoms. The summed E-state index contributed by atoms with van der Waals surface area (Å²) in [5.74, 6) is -0.888. The second-order valence-electron chi connectivity index (χ2n) is 6.45. The maximum absolute atomic E-state index is 13.4. The highest BCUT2D eigenvalue weighted by atomic mass is 35.5. The molecule has 0 heterocycles. The molecule has 0 aliphatic carbocycles. The third-order valence-corrected chi connectivity index (χ3v) is 5.47. The number of nitrogens with one attached hydrogen (secondary N) is 1. The smallest absolute Gasteiger partial charge is 0.417 e. The van der Waals surface area contributed by atoms with Crippen LogP contribution in [0.25, 0.3) is 11.1 Å². The van der Waals surface area contributed by atoms with Crippen LogP contribution in [-0.2, 0) is 17.5 Å². The minimum atomic E-state index is -4.51. The average molecular weight is 452 g/mol. The van der Waals surface area contributed by atoms with E-state index < -0.39 is 17.7 Å². The van der Waals surface area contributed by atoms with E-state index in [0.29, 0.717) is 12.1 Å². The summed E-state index contributed by atoms with van der Waals surface area (Å²) < 4.78 is 40.2. The summed E-state index contributed by atoms with van der Waals surface area (Å²) in [6.45, 7) is 0.421. The highest BCUT2D eigenvalue weighted by Gasteiger charge is 2.33. The van der Waals surface area contributed by atoms with E-state index in [-0.39, 0.29) is 16.3 Å². The largest absolute Gasteiger partial charge is 0.481 e. The van der Waals surface area contributed by atoms with Crippen molar-refractivity contribution < 1.29 is 23.1 Å². The summed E-state index contributed by atoms with van der Waals surface area (Å²) in [6.07, 6.45) is -4.51. The second kappa shape index (κ2) is 9.45. The van der Waals surface area contributed by atoms with Crippen molar-refractivity contribution in [2.45, 2.75) is 17.6 Å². The zero-order chi connectivity index (χ0) is 21.7. The van der Waals surface area contributed by atoms with Gasteiger partial charge in [-0.25, -0.2) is 0 Å². The van der Waals surface area contributed by atoms with Gasteiger partial charge in [-0.3, -0.25) is 4.79 Å². The zero-order valence-electron chi connectivity index (χ0n) is 15.5. The van der Waals surface area contributed by atoms with Gasteiger partial charge in [-0.15, -0.1) is 11.8 Å². The predicted octanol–water partition coefficient (Wildman–Crippen LogP) is 6.81. The van der Waals surface area contributed by atoms with E-state index in [1.54, 1.807) is 18.2 Å². The number of rotatable bonds is 7. The standard InChI is InChI=1S/C22H17ClF3NO2S/c23-16-4-9-19(20(11-16)22(24,25)26)15-3-1-2-14(10-15)12-27-17-5-7-18(8-6-17)30-13-21(28)29/h1-11,27H,12-13H2,(H,28,29). The van der Waals surface area contributed by atoms with Gasteiger partial charge >= 0.3 is 12.1 Å². The number of halogens is 4. The van der Waals surface area contributed by atoms with Crippen molar-refractivity contribution in [2.75, 3.05) is 11.1 Å². The molecule has 0 amide bonds. The molecule has 3 nitrogen and oxygen atoms in total. The molecule has 0 bridgehead atoms. The van der Waals surface area contributed by atoms with Crippen LogP contribution >= 0.6 is 23.4 Å². The molecule has 0 aliphatic rings. The van der Waals surface area contributed by atoms with Gasteiger partial charge in [0, 0.05) is 22.2 Å². The average Bonchev–Trinajstić information content (AvgIpc) is 2.71. The van der Waals surface area contributed by atoms with Crippen molar-refractivity contribution in [1.29, 1.82) is 0 Å². The maximum Gasteiger partial charge on any atom is 0.417 e. The predicted molar refractivity (Wildman–Crippen MR) is 114 cm³/mol. The van der Waals surface area contributed by atoms with E-state index in [0.717, 1.165) is 22.2 Å². The van der Waals surface area contributed by atoms with Gasteiger partial charge in [-0.05, 0) is 59.2 Å². The van der Waals surface area contributed by atoms with Crippen LogP contribution in [0.2, 0.25) is 5.02 Å². The molecule has 3 aromatic carbocycles. The van der Waals surface area contributed by atoms with Gasteiger partial charge in [0.25, 0.3) is 0 Å². The van der Waals surface area contributed by atoms with Crippen LogP contribution in [-0.4, -0.2) is 16.8 Å². The van der Waals surface area contributed by atoms with E-state index in [9.17, 15) is 18.0 Å². The van der Waals surface area contributed by atoms with Crippen LogP contribution in [0, 0.1) is 0 Å². The highest BCUT2D eigenvalue weighted by molar-refractivity contribution is 8.00. The van der Waals surface area contributed by atoms with Crippen molar-refractivity contribution in [3.63, 3.8) is 0 Å². The van der Waals surface area contributed by atoms with E-state index in [1.807, 2.05) is 30.3 Å². The Morgan fingerprint density at radius 3 is 2.43 bits per heavy atom. The molecule has 0 spiro atoms. The lowest BCUT2D eigenvalue weighted by molar-refractivity contribution is -0.137. The Hall–Kier alpha value is -2.64. The van der Waals surface area contributed by atoms with E-state index in [2.05, 4.69) is 5.32 Å². The van der Waals surface area contributed by atoms with Crippen molar-refractivity contribution in [3.05, 3.63) is 82.9 Å². The Balaban J connectivity index is 1.73. The molecule has 0 unspecified atom stereocenters. The number of alkyl halides is 3. The topological polar surface area (TPSA) is 49.3 Å². The Bertz CT molecular complexity index is 1040. The highest BCUT2D eigenvalue weighted by Crippen LogP contribution is 2.38. The minimum absolute atomic E-state index is 0.00974. The lowest BCUT2D eigenvalue weighted by Crippen LogP contribution is -2.07. The first-order valence-corrected chi connectivity index (χ1v) is 10.2. The van der Waals surface area contributed by atoms with E-state index >= 15 is 0 Å². The van der Waals surface area contributed by atoms with Crippen LogP contribution in [0.15, 0.2) is 71.6 Å². The monoisotopic (exact) mass is 451 g/mol. The molecule has 0 atom stereocenters. The summed E-state index contributed by atoms with van der Waals surface area (Å²) in [6, 6.07) is 17.9. The normalized spacial score (nSPS) is 11.3. The van der Waals surface area contributed by atoms with E-state index in [4.69, 9.17) is 16.7 Å². The summed E-state index contributed by atoms with van der Waals surface area (Å²) in [4.78, 5) is 11.5.